The molecule has 0 aliphatic carbocycles. The average molecular weight is 367 g/mol. The molecule has 0 aromatic heterocycles. The van der Waals surface area contributed by atoms with E-state index in [1.165, 1.54) is 26.9 Å². The van der Waals surface area contributed by atoms with Crippen molar-refractivity contribution in [2.75, 3.05) is 13.1 Å². The maximum Gasteiger partial charge on any atom is 0.114 e. The van der Waals surface area contributed by atoms with Gasteiger partial charge in [0.25, 0.3) is 0 Å². The molecular formula is C26H30BN. The van der Waals surface area contributed by atoms with E-state index in [4.69, 9.17) is 7.85 Å². The standard InChI is InChI=1S/C18H11B.C8H19N/c19-17-7-3-6-12-8-9-15-10-13-4-1-2-5-14(13)11-16(15)18(12)17;1-7(2)5-9-6-8(3)4/h1-11H;7-9H,5-6H2,1-4H3. The first-order valence-electron chi connectivity index (χ1n) is 10.3. The van der Waals surface area contributed by atoms with E-state index in [0.717, 1.165) is 35.8 Å². The van der Waals surface area contributed by atoms with Crippen molar-refractivity contribution in [3.05, 3.63) is 66.7 Å². The number of nitrogens with one attached hydrogen (secondary N) is 1. The van der Waals surface area contributed by atoms with Crippen LogP contribution in [0.25, 0.3) is 32.3 Å². The van der Waals surface area contributed by atoms with Crippen molar-refractivity contribution in [1.29, 1.82) is 0 Å². The highest BCUT2D eigenvalue weighted by atomic mass is 14.9. The van der Waals surface area contributed by atoms with Gasteiger partial charge in [-0.15, -0.1) is 0 Å². The highest BCUT2D eigenvalue weighted by Gasteiger charge is 2.04. The molecule has 0 saturated carbocycles. The molecule has 1 N–H and O–H groups in total. The van der Waals surface area contributed by atoms with Gasteiger partial charge in [-0.25, -0.2) is 0 Å². The fourth-order valence-corrected chi connectivity index (χ4v) is 3.49. The second kappa shape index (κ2) is 9.25. The monoisotopic (exact) mass is 367 g/mol. The van der Waals surface area contributed by atoms with Crippen LogP contribution in [-0.4, -0.2) is 20.9 Å². The van der Waals surface area contributed by atoms with E-state index in [2.05, 4.69) is 87.6 Å². The molecule has 0 unspecified atom stereocenters. The molecule has 142 valence electrons. The lowest BCUT2D eigenvalue weighted by Gasteiger charge is -2.09. The second-order valence-corrected chi connectivity index (χ2v) is 8.38. The van der Waals surface area contributed by atoms with E-state index in [-0.39, 0.29) is 0 Å². The third kappa shape index (κ3) is 4.94. The van der Waals surface area contributed by atoms with Crippen molar-refractivity contribution in [3.8, 4) is 0 Å². The molecule has 4 aromatic carbocycles. The molecule has 0 heterocycles. The fourth-order valence-electron chi connectivity index (χ4n) is 3.49. The Morgan fingerprint density at radius 1 is 0.679 bits per heavy atom. The number of hydrogen-bond donors (Lipinski definition) is 1. The topological polar surface area (TPSA) is 12.0 Å². The second-order valence-electron chi connectivity index (χ2n) is 8.38. The van der Waals surface area contributed by atoms with E-state index in [9.17, 15) is 0 Å². The summed E-state index contributed by atoms with van der Waals surface area (Å²) in [6.45, 7) is 11.2. The summed E-state index contributed by atoms with van der Waals surface area (Å²) in [5.74, 6) is 1.56. The van der Waals surface area contributed by atoms with Crippen LogP contribution in [0.5, 0.6) is 0 Å². The van der Waals surface area contributed by atoms with Gasteiger partial charge in [0, 0.05) is 0 Å². The number of fused-ring (bicyclic) bond motifs is 4. The van der Waals surface area contributed by atoms with Gasteiger partial charge < -0.3 is 5.32 Å². The first-order chi connectivity index (χ1) is 13.5. The smallest absolute Gasteiger partial charge is 0.114 e. The molecule has 1 nitrogen and oxygen atoms in total. The third-order valence-corrected chi connectivity index (χ3v) is 4.86. The highest BCUT2D eigenvalue weighted by Crippen LogP contribution is 2.28. The van der Waals surface area contributed by atoms with Crippen LogP contribution in [0.2, 0.25) is 0 Å². The average Bonchev–Trinajstić information content (AvgIpc) is 2.66. The van der Waals surface area contributed by atoms with Crippen LogP contribution in [0.3, 0.4) is 0 Å². The van der Waals surface area contributed by atoms with E-state index in [1.807, 2.05) is 12.1 Å². The minimum absolute atomic E-state index is 0.781. The summed E-state index contributed by atoms with van der Waals surface area (Å²) in [6.07, 6.45) is 0. The lowest BCUT2D eigenvalue weighted by Crippen LogP contribution is -2.23. The summed E-state index contributed by atoms with van der Waals surface area (Å²) in [6, 6.07) is 23.3. The maximum atomic E-state index is 6.17. The van der Waals surface area contributed by atoms with Crippen molar-refractivity contribution in [2.45, 2.75) is 27.7 Å². The molecule has 0 atom stereocenters. The first kappa shape index (κ1) is 20.4. The number of benzene rings is 4. The Labute approximate surface area is 170 Å². The summed E-state index contributed by atoms with van der Waals surface area (Å²) in [7, 11) is 6.17. The molecule has 0 aliphatic rings. The Morgan fingerprint density at radius 3 is 1.89 bits per heavy atom. The molecule has 4 aromatic rings. The number of hydrogen-bond acceptors (Lipinski definition) is 1. The largest absolute Gasteiger partial charge is 0.316 e. The summed E-state index contributed by atoms with van der Waals surface area (Å²) < 4.78 is 0. The van der Waals surface area contributed by atoms with Crippen molar-refractivity contribution >= 4 is 45.6 Å². The zero-order valence-corrected chi connectivity index (χ0v) is 17.5. The molecular weight excluding hydrogens is 337 g/mol. The van der Waals surface area contributed by atoms with Gasteiger partial charge >= 0.3 is 0 Å². The summed E-state index contributed by atoms with van der Waals surface area (Å²) in [4.78, 5) is 0. The van der Waals surface area contributed by atoms with Crippen molar-refractivity contribution < 1.29 is 0 Å². The van der Waals surface area contributed by atoms with Gasteiger partial charge in [0.1, 0.15) is 7.85 Å². The predicted molar refractivity (Wildman–Crippen MR) is 127 cm³/mol. The highest BCUT2D eigenvalue weighted by molar-refractivity contribution is 6.41. The van der Waals surface area contributed by atoms with Crippen LogP contribution < -0.4 is 10.8 Å². The molecule has 28 heavy (non-hydrogen) atoms. The van der Waals surface area contributed by atoms with Gasteiger partial charge in [0.2, 0.25) is 0 Å². The minimum Gasteiger partial charge on any atom is -0.316 e. The zero-order chi connectivity index (χ0) is 20.1. The van der Waals surface area contributed by atoms with E-state index in [0.29, 0.717) is 0 Å². The third-order valence-electron chi connectivity index (χ3n) is 4.86. The quantitative estimate of drug-likeness (QED) is 0.272. The lowest BCUT2D eigenvalue weighted by atomic mass is 9.87. The van der Waals surface area contributed by atoms with Gasteiger partial charge in [0.05, 0.1) is 0 Å². The normalized spacial score (nSPS) is 11.4. The minimum atomic E-state index is 0.781. The van der Waals surface area contributed by atoms with Gasteiger partial charge in [-0.3, -0.25) is 0 Å². The van der Waals surface area contributed by atoms with E-state index >= 15 is 0 Å². The predicted octanol–water partition coefficient (Wildman–Crippen LogP) is 5.83. The molecule has 0 amide bonds. The molecule has 2 radical (unpaired) electrons. The molecule has 0 saturated heterocycles. The first-order valence-corrected chi connectivity index (χ1v) is 10.3. The van der Waals surface area contributed by atoms with Crippen LogP contribution in [0.4, 0.5) is 0 Å². The number of rotatable bonds is 4. The Hall–Kier alpha value is -2.32. The van der Waals surface area contributed by atoms with Gasteiger partial charge in [-0.05, 0) is 69.4 Å². The molecule has 4 rings (SSSR count). The van der Waals surface area contributed by atoms with Crippen molar-refractivity contribution in [3.63, 3.8) is 0 Å². The molecule has 0 spiro atoms. The van der Waals surface area contributed by atoms with Gasteiger partial charge in [-0.1, -0.05) is 87.8 Å². The Morgan fingerprint density at radius 2 is 1.25 bits per heavy atom. The van der Waals surface area contributed by atoms with Crippen LogP contribution in [0.1, 0.15) is 27.7 Å². The zero-order valence-electron chi connectivity index (χ0n) is 17.5. The van der Waals surface area contributed by atoms with Crippen LogP contribution in [-0.2, 0) is 0 Å². The SMILES string of the molecule is CC(C)CNCC(C)C.[B]c1cccc2ccc3cc4ccccc4cc3c12. The maximum absolute atomic E-state index is 6.17. The van der Waals surface area contributed by atoms with E-state index < -0.39 is 0 Å². The Bertz CT molecular complexity index is 1060. The summed E-state index contributed by atoms with van der Waals surface area (Å²) in [5, 5.41) is 10.7. The van der Waals surface area contributed by atoms with Crippen molar-refractivity contribution in [2.24, 2.45) is 11.8 Å². The molecule has 2 heteroatoms. The fraction of sp³-hybridized carbons (Fsp3) is 0.308. The van der Waals surface area contributed by atoms with Crippen LogP contribution in [0.15, 0.2) is 66.7 Å². The molecule has 0 bridgehead atoms. The van der Waals surface area contributed by atoms with Crippen molar-refractivity contribution in [1.82, 2.24) is 5.32 Å². The van der Waals surface area contributed by atoms with Gasteiger partial charge in [-0.2, -0.15) is 0 Å². The lowest BCUT2D eigenvalue weighted by molar-refractivity contribution is 0.497. The van der Waals surface area contributed by atoms with Crippen LogP contribution >= 0.6 is 0 Å². The Kier molecular flexibility index (Phi) is 6.75. The van der Waals surface area contributed by atoms with E-state index in [1.54, 1.807) is 0 Å². The molecule has 0 aliphatic heterocycles. The van der Waals surface area contributed by atoms with Gasteiger partial charge in [0.15, 0.2) is 0 Å². The summed E-state index contributed by atoms with van der Waals surface area (Å²) in [5.41, 5.74) is 0.846. The van der Waals surface area contributed by atoms with Crippen LogP contribution in [0, 0.1) is 11.8 Å². The summed E-state index contributed by atoms with van der Waals surface area (Å²) >= 11 is 0. The molecule has 0 fully saturated rings. The Balaban J connectivity index is 0.000000215.